The van der Waals surface area contributed by atoms with E-state index in [1.165, 1.54) is 11.8 Å². The number of rotatable bonds is 4. The van der Waals surface area contributed by atoms with E-state index in [4.69, 9.17) is 9.47 Å². The lowest BCUT2D eigenvalue weighted by atomic mass is 10.2. The third-order valence-corrected chi connectivity index (χ3v) is 4.93. The Bertz CT molecular complexity index is 694. The van der Waals surface area contributed by atoms with Gasteiger partial charge < -0.3 is 14.6 Å². The topological polar surface area (TPSA) is 85.6 Å². The number of epoxide rings is 1. The predicted octanol–water partition coefficient (Wildman–Crippen LogP) is 0.927. The van der Waals surface area contributed by atoms with Crippen LogP contribution in [0.5, 0.6) is 0 Å². The van der Waals surface area contributed by atoms with Crippen molar-refractivity contribution in [2.24, 2.45) is 0 Å². The van der Waals surface area contributed by atoms with Crippen LogP contribution in [0.4, 0.5) is 0 Å². The highest BCUT2D eigenvalue weighted by Crippen LogP contribution is 2.44. The number of aliphatic hydroxyl groups excluding tert-OH is 1. The molecule has 2 saturated heterocycles. The molecular weight excluding hydrogens is 312 g/mol. The SMILES string of the molecule is CSc1nc(SC)c2cn([C@@H]3O[C@H](CO)[C@H]4O[C@H]43)nc2n1. The van der Waals surface area contributed by atoms with E-state index in [0.717, 1.165) is 10.4 Å². The van der Waals surface area contributed by atoms with E-state index in [1.54, 1.807) is 16.4 Å². The van der Waals surface area contributed by atoms with Crippen molar-refractivity contribution < 1.29 is 14.6 Å². The first-order valence-corrected chi connectivity index (χ1v) is 8.96. The van der Waals surface area contributed by atoms with Crippen molar-refractivity contribution in [2.45, 2.75) is 34.7 Å². The molecule has 4 rings (SSSR count). The Hall–Kier alpha value is -0.870. The van der Waals surface area contributed by atoms with E-state index in [0.29, 0.717) is 10.8 Å². The van der Waals surface area contributed by atoms with Crippen LogP contribution in [0.25, 0.3) is 11.0 Å². The minimum absolute atomic E-state index is 0.0137. The molecule has 2 aromatic rings. The van der Waals surface area contributed by atoms with Crippen LogP contribution in [0, 0.1) is 0 Å². The Morgan fingerprint density at radius 3 is 2.76 bits per heavy atom. The van der Waals surface area contributed by atoms with Gasteiger partial charge in [-0.05, 0) is 12.5 Å². The third kappa shape index (κ3) is 2.15. The standard InChI is InChI=1S/C12H14N4O3S2/c1-20-10-5-3-16(15-9(5)13-12(14-10)21-2)11-8-7(19-8)6(4-17)18-11/h3,6-8,11,17H,4H2,1-2H3/t6-,7-,8-,11-/m1/s1. The van der Waals surface area contributed by atoms with Crippen molar-refractivity contribution in [3.05, 3.63) is 6.20 Å². The molecule has 4 heterocycles. The van der Waals surface area contributed by atoms with Gasteiger partial charge in [0.15, 0.2) is 17.0 Å². The molecule has 0 unspecified atom stereocenters. The highest BCUT2D eigenvalue weighted by molar-refractivity contribution is 7.99. The highest BCUT2D eigenvalue weighted by atomic mass is 32.2. The number of nitrogens with zero attached hydrogens (tertiary/aromatic N) is 4. The van der Waals surface area contributed by atoms with Crippen molar-refractivity contribution >= 4 is 34.6 Å². The largest absolute Gasteiger partial charge is 0.394 e. The van der Waals surface area contributed by atoms with Gasteiger partial charge in [-0.3, -0.25) is 0 Å². The molecule has 21 heavy (non-hydrogen) atoms. The van der Waals surface area contributed by atoms with Crippen LogP contribution < -0.4 is 0 Å². The maximum Gasteiger partial charge on any atom is 0.190 e. The maximum absolute atomic E-state index is 9.25. The van der Waals surface area contributed by atoms with Crippen LogP contribution in [0.2, 0.25) is 0 Å². The zero-order valence-electron chi connectivity index (χ0n) is 11.5. The first-order chi connectivity index (χ1) is 10.2. The summed E-state index contributed by atoms with van der Waals surface area (Å²) in [5.41, 5.74) is 0.659. The first kappa shape index (κ1) is 13.8. The molecule has 0 spiro atoms. The lowest BCUT2D eigenvalue weighted by Crippen LogP contribution is -2.22. The number of hydrogen-bond donors (Lipinski definition) is 1. The summed E-state index contributed by atoms with van der Waals surface area (Å²) in [6.07, 6.45) is 5.22. The number of fused-ring (bicyclic) bond motifs is 2. The van der Waals surface area contributed by atoms with E-state index in [9.17, 15) is 5.11 Å². The summed E-state index contributed by atoms with van der Waals surface area (Å²) < 4.78 is 13.1. The third-order valence-electron chi connectivity index (χ3n) is 3.68. The van der Waals surface area contributed by atoms with Crippen LogP contribution >= 0.6 is 23.5 Å². The van der Waals surface area contributed by atoms with Gasteiger partial charge in [-0.25, -0.2) is 14.6 Å². The molecule has 7 nitrogen and oxygen atoms in total. The minimum Gasteiger partial charge on any atom is -0.394 e. The number of hydrogen-bond acceptors (Lipinski definition) is 8. The molecule has 9 heteroatoms. The monoisotopic (exact) mass is 326 g/mol. The van der Waals surface area contributed by atoms with Crippen molar-refractivity contribution in [1.29, 1.82) is 0 Å². The summed E-state index contributed by atoms with van der Waals surface area (Å²) in [7, 11) is 0. The second kappa shape index (κ2) is 5.10. The molecule has 2 aliphatic rings. The van der Waals surface area contributed by atoms with Gasteiger partial charge in [0, 0.05) is 6.20 Å². The molecule has 0 aromatic carbocycles. The molecule has 112 valence electrons. The van der Waals surface area contributed by atoms with Crippen LogP contribution in [-0.2, 0) is 9.47 Å². The molecule has 0 radical (unpaired) electrons. The lowest BCUT2D eigenvalue weighted by Gasteiger charge is -2.15. The van der Waals surface area contributed by atoms with Gasteiger partial charge in [0.25, 0.3) is 0 Å². The Morgan fingerprint density at radius 1 is 1.24 bits per heavy atom. The molecule has 0 saturated carbocycles. The molecule has 0 aliphatic carbocycles. The summed E-state index contributed by atoms with van der Waals surface area (Å²) >= 11 is 3.06. The summed E-state index contributed by atoms with van der Waals surface area (Å²) in [5.74, 6) is 0. The van der Waals surface area contributed by atoms with Crippen LogP contribution in [-0.4, -0.2) is 62.3 Å². The Morgan fingerprint density at radius 2 is 2.10 bits per heavy atom. The quantitative estimate of drug-likeness (QED) is 0.384. The summed E-state index contributed by atoms with van der Waals surface area (Å²) in [4.78, 5) is 8.92. The molecular formula is C12H14N4O3S2. The summed E-state index contributed by atoms with van der Waals surface area (Å²) in [5, 5.41) is 16.3. The first-order valence-electron chi connectivity index (χ1n) is 6.52. The zero-order chi connectivity index (χ0) is 14.6. The Kier molecular flexibility index (Phi) is 3.34. The van der Waals surface area contributed by atoms with E-state index in [-0.39, 0.29) is 31.1 Å². The van der Waals surface area contributed by atoms with Gasteiger partial charge in [0.05, 0.1) is 12.0 Å². The van der Waals surface area contributed by atoms with Crippen molar-refractivity contribution in [3.8, 4) is 0 Å². The van der Waals surface area contributed by atoms with Gasteiger partial charge in [-0.1, -0.05) is 11.8 Å². The van der Waals surface area contributed by atoms with E-state index < -0.39 is 0 Å². The van der Waals surface area contributed by atoms with Gasteiger partial charge in [-0.2, -0.15) is 0 Å². The highest BCUT2D eigenvalue weighted by Gasteiger charge is 2.59. The molecule has 2 aliphatic heterocycles. The van der Waals surface area contributed by atoms with Crippen molar-refractivity contribution in [2.75, 3.05) is 19.1 Å². The zero-order valence-corrected chi connectivity index (χ0v) is 13.1. The number of ether oxygens (including phenoxy) is 2. The van der Waals surface area contributed by atoms with E-state index in [2.05, 4.69) is 15.1 Å². The van der Waals surface area contributed by atoms with Crippen molar-refractivity contribution in [3.63, 3.8) is 0 Å². The smallest absolute Gasteiger partial charge is 0.190 e. The summed E-state index contributed by atoms with van der Waals surface area (Å²) in [6, 6.07) is 0. The fraction of sp³-hybridized carbons (Fsp3) is 0.583. The minimum atomic E-state index is -0.297. The van der Waals surface area contributed by atoms with Crippen molar-refractivity contribution in [1.82, 2.24) is 19.7 Å². The fourth-order valence-corrected chi connectivity index (χ4v) is 3.57. The second-order valence-electron chi connectivity index (χ2n) is 4.88. The maximum atomic E-state index is 9.25. The Labute approximate surface area is 129 Å². The molecule has 2 aromatic heterocycles. The predicted molar refractivity (Wildman–Crippen MR) is 78.5 cm³/mol. The molecule has 1 N–H and O–H groups in total. The van der Waals surface area contributed by atoms with E-state index >= 15 is 0 Å². The van der Waals surface area contributed by atoms with Gasteiger partial charge in [-0.15, -0.1) is 16.9 Å². The average molecular weight is 326 g/mol. The molecule has 2 fully saturated rings. The second-order valence-corrected chi connectivity index (χ2v) is 6.45. The van der Waals surface area contributed by atoms with Gasteiger partial charge in [0.2, 0.25) is 0 Å². The van der Waals surface area contributed by atoms with E-state index in [1.807, 2.05) is 18.7 Å². The number of aromatic nitrogens is 4. The number of thioether (sulfide) groups is 2. The number of aliphatic hydroxyl groups is 1. The molecule has 0 amide bonds. The normalized spacial score (nSPS) is 30.8. The van der Waals surface area contributed by atoms with Crippen LogP contribution in [0.15, 0.2) is 16.4 Å². The average Bonchev–Trinajstić information content (AvgIpc) is 3.04. The summed E-state index contributed by atoms with van der Waals surface area (Å²) in [6.45, 7) is -0.0368. The van der Waals surface area contributed by atoms with Gasteiger partial charge in [0.1, 0.15) is 23.3 Å². The molecule has 0 bridgehead atoms. The molecule has 4 atom stereocenters. The van der Waals surface area contributed by atoms with Crippen LogP contribution in [0.1, 0.15) is 6.23 Å². The Balaban J connectivity index is 1.74. The fourth-order valence-electron chi connectivity index (χ4n) is 2.61. The van der Waals surface area contributed by atoms with Gasteiger partial charge >= 0.3 is 0 Å². The lowest BCUT2D eigenvalue weighted by molar-refractivity contribution is -0.0884. The van der Waals surface area contributed by atoms with Crippen LogP contribution in [0.3, 0.4) is 0 Å².